The largest absolute Gasteiger partial charge is 0.375 e. The molecule has 1 aromatic carbocycles. The molecular formula is C21H28N4O. The minimum absolute atomic E-state index is 0.187. The summed E-state index contributed by atoms with van der Waals surface area (Å²) in [7, 11) is 0. The number of carbonyl (C=O) groups is 1. The van der Waals surface area contributed by atoms with Gasteiger partial charge < -0.3 is 20.5 Å². The Morgan fingerprint density at radius 3 is 3.00 bits per heavy atom. The van der Waals surface area contributed by atoms with Gasteiger partial charge in [0, 0.05) is 47.8 Å². The Labute approximate surface area is 155 Å². The molecule has 0 radical (unpaired) electrons. The summed E-state index contributed by atoms with van der Waals surface area (Å²) in [6, 6.07) is 6.34. The monoisotopic (exact) mass is 352 g/mol. The van der Waals surface area contributed by atoms with E-state index in [-0.39, 0.29) is 6.03 Å². The van der Waals surface area contributed by atoms with E-state index in [0.717, 1.165) is 30.6 Å². The summed E-state index contributed by atoms with van der Waals surface area (Å²) < 4.78 is 0. The molecule has 0 fully saturated rings. The van der Waals surface area contributed by atoms with Gasteiger partial charge in [0.05, 0.1) is 0 Å². The number of amides is 2. The molecular weight excluding hydrogens is 324 g/mol. The highest BCUT2D eigenvalue weighted by Crippen LogP contribution is 2.33. The highest BCUT2D eigenvalue weighted by molar-refractivity contribution is 5.94. The van der Waals surface area contributed by atoms with Gasteiger partial charge in [-0.15, -0.1) is 6.58 Å². The van der Waals surface area contributed by atoms with Gasteiger partial charge in [-0.25, -0.2) is 4.79 Å². The standard InChI is InChI=1S/C21H28N4O/c1-4-5-10-22-21(26)24-17-6-7-20-18(13-17)19(14-23-20)16-8-11-25(12-9-16)15(2)3/h4,6-8,11,13-16,23H,1,5,9-10,12H2,2-3H3,(H2,22,24,26). The van der Waals surface area contributed by atoms with E-state index >= 15 is 0 Å². The van der Waals surface area contributed by atoms with Gasteiger partial charge in [0.2, 0.25) is 0 Å². The first-order chi connectivity index (χ1) is 12.6. The third-order valence-electron chi connectivity index (χ3n) is 4.88. The number of urea groups is 1. The smallest absolute Gasteiger partial charge is 0.319 e. The average Bonchev–Trinajstić information content (AvgIpc) is 3.05. The number of hydrogen-bond donors (Lipinski definition) is 3. The van der Waals surface area contributed by atoms with E-state index in [1.165, 1.54) is 10.9 Å². The zero-order valence-corrected chi connectivity index (χ0v) is 15.6. The van der Waals surface area contributed by atoms with E-state index in [1.807, 2.05) is 12.1 Å². The molecule has 0 spiro atoms. The molecule has 2 amide bonds. The summed E-state index contributed by atoms with van der Waals surface area (Å²) in [5, 5.41) is 6.90. The van der Waals surface area contributed by atoms with Gasteiger partial charge in [0.25, 0.3) is 0 Å². The van der Waals surface area contributed by atoms with Crippen molar-refractivity contribution in [3.8, 4) is 0 Å². The number of benzene rings is 1. The summed E-state index contributed by atoms with van der Waals surface area (Å²) >= 11 is 0. The lowest BCUT2D eigenvalue weighted by Gasteiger charge is -2.31. The molecule has 0 aliphatic carbocycles. The molecule has 0 bridgehead atoms. The van der Waals surface area contributed by atoms with Crippen molar-refractivity contribution in [2.24, 2.45) is 0 Å². The van der Waals surface area contributed by atoms with Crippen molar-refractivity contribution in [3.63, 3.8) is 0 Å². The Kier molecular flexibility index (Phi) is 5.66. The van der Waals surface area contributed by atoms with E-state index in [9.17, 15) is 4.79 Å². The quantitative estimate of drug-likeness (QED) is 0.526. The fourth-order valence-electron chi connectivity index (χ4n) is 3.35. The summed E-state index contributed by atoms with van der Waals surface area (Å²) in [5.41, 5.74) is 3.19. The molecule has 3 rings (SSSR count). The van der Waals surface area contributed by atoms with Crippen LogP contribution in [0.15, 0.2) is 49.3 Å². The molecule has 1 aliphatic rings. The van der Waals surface area contributed by atoms with Gasteiger partial charge >= 0.3 is 6.03 Å². The van der Waals surface area contributed by atoms with Crippen LogP contribution >= 0.6 is 0 Å². The molecule has 1 aliphatic heterocycles. The Morgan fingerprint density at radius 2 is 2.31 bits per heavy atom. The van der Waals surface area contributed by atoms with Crippen LogP contribution in [-0.4, -0.2) is 35.0 Å². The van der Waals surface area contributed by atoms with Crippen molar-refractivity contribution >= 4 is 22.6 Å². The van der Waals surface area contributed by atoms with Crippen molar-refractivity contribution in [2.45, 2.75) is 38.6 Å². The predicted octanol–water partition coefficient (Wildman–Crippen LogP) is 4.58. The number of anilines is 1. The number of fused-ring (bicyclic) bond motifs is 1. The molecule has 1 atom stereocenters. The lowest BCUT2D eigenvalue weighted by Crippen LogP contribution is -2.30. The zero-order chi connectivity index (χ0) is 18.5. The van der Waals surface area contributed by atoms with Gasteiger partial charge in [0.15, 0.2) is 0 Å². The van der Waals surface area contributed by atoms with Crippen LogP contribution in [0.2, 0.25) is 0 Å². The summed E-state index contributed by atoms with van der Waals surface area (Å²) in [6.45, 7) is 9.74. The number of nitrogens with one attached hydrogen (secondary N) is 3. The number of hydrogen-bond acceptors (Lipinski definition) is 2. The molecule has 138 valence electrons. The molecule has 3 N–H and O–H groups in total. The molecule has 26 heavy (non-hydrogen) atoms. The molecule has 1 aromatic heterocycles. The van der Waals surface area contributed by atoms with E-state index in [1.54, 1.807) is 6.08 Å². The van der Waals surface area contributed by atoms with Gasteiger partial charge in [0.1, 0.15) is 0 Å². The third-order valence-corrected chi connectivity index (χ3v) is 4.88. The summed E-state index contributed by atoms with van der Waals surface area (Å²) in [4.78, 5) is 17.7. The normalized spacial score (nSPS) is 16.9. The molecule has 5 heteroatoms. The minimum atomic E-state index is -0.187. The Morgan fingerprint density at radius 1 is 1.46 bits per heavy atom. The number of aromatic nitrogens is 1. The van der Waals surface area contributed by atoms with Crippen molar-refractivity contribution in [1.29, 1.82) is 0 Å². The minimum Gasteiger partial charge on any atom is -0.375 e. The van der Waals surface area contributed by atoms with Gasteiger partial charge in [-0.2, -0.15) is 0 Å². The van der Waals surface area contributed by atoms with Crippen LogP contribution in [0.4, 0.5) is 10.5 Å². The van der Waals surface area contributed by atoms with Gasteiger partial charge in [-0.3, -0.25) is 0 Å². The SMILES string of the molecule is C=CCCNC(=O)Nc1ccc2[nH]cc(C3C=CN(C(C)C)CC3)c2c1. The van der Waals surface area contributed by atoms with Gasteiger partial charge in [-0.05, 0) is 56.7 Å². The first-order valence-electron chi connectivity index (χ1n) is 9.29. The Balaban J connectivity index is 1.75. The van der Waals surface area contributed by atoms with E-state index in [4.69, 9.17) is 0 Å². The lowest BCUT2D eigenvalue weighted by molar-refractivity contribution is 0.252. The van der Waals surface area contributed by atoms with Crippen molar-refractivity contribution < 1.29 is 4.79 Å². The molecule has 2 heterocycles. The lowest BCUT2D eigenvalue weighted by atomic mass is 9.92. The molecule has 0 saturated heterocycles. The number of carbonyl (C=O) groups excluding carboxylic acids is 1. The number of allylic oxidation sites excluding steroid dienone is 1. The second-order valence-electron chi connectivity index (χ2n) is 7.03. The average molecular weight is 352 g/mol. The maximum atomic E-state index is 12.0. The Hall–Kier alpha value is -2.69. The fraction of sp³-hybridized carbons (Fsp3) is 0.381. The van der Waals surface area contributed by atoms with Crippen LogP contribution < -0.4 is 10.6 Å². The number of nitrogens with zero attached hydrogens (tertiary/aromatic N) is 1. The second-order valence-corrected chi connectivity index (χ2v) is 7.03. The van der Waals surface area contributed by atoms with Gasteiger partial charge in [-0.1, -0.05) is 12.2 Å². The van der Waals surface area contributed by atoms with Crippen LogP contribution in [0.3, 0.4) is 0 Å². The van der Waals surface area contributed by atoms with E-state index < -0.39 is 0 Å². The Bertz CT molecular complexity index is 805. The number of rotatable bonds is 6. The fourth-order valence-corrected chi connectivity index (χ4v) is 3.35. The molecule has 1 unspecified atom stereocenters. The highest BCUT2D eigenvalue weighted by atomic mass is 16.2. The summed E-state index contributed by atoms with van der Waals surface area (Å²) in [5.74, 6) is 0.399. The molecule has 2 aromatic rings. The molecule has 0 saturated carbocycles. The highest BCUT2D eigenvalue weighted by Gasteiger charge is 2.19. The van der Waals surface area contributed by atoms with Crippen molar-refractivity contribution in [1.82, 2.24) is 15.2 Å². The van der Waals surface area contributed by atoms with Crippen LogP contribution in [0.1, 0.15) is 38.2 Å². The maximum Gasteiger partial charge on any atom is 0.319 e. The first-order valence-corrected chi connectivity index (χ1v) is 9.29. The molecule has 5 nitrogen and oxygen atoms in total. The van der Waals surface area contributed by atoms with Crippen molar-refractivity contribution in [2.75, 3.05) is 18.4 Å². The van der Waals surface area contributed by atoms with Crippen LogP contribution in [0.5, 0.6) is 0 Å². The second kappa shape index (κ2) is 8.13. The number of aromatic amines is 1. The topological polar surface area (TPSA) is 60.2 Å². The predicted molar refractivity (Wildman–Crippen MR) is 108 cm³/mol. The van der Waals surface area contributed by atoms with Crippen LogP contribution in [-0.2, 0) is 0 Å². The van der Waals surface area contributed by atoms with Crippen LogP contribution in [0.25, 0.3) is 10.9 Å². The number of H-pyrrole nitrogens is 1. The first kappa shape index (κ1) is 18.1. The third kappa shape index (κ3) is 4.10. The zero-order valence-electron chi connectivity index (χ0n) is 15.6. The van der Waals surface area contributed by atoms with E-state index in [0.29, 0.717) is 18.5 Å². The summed E-state index contributed by atoms with van der Waals surface area (Å²) in [6.07, 6.45) is 10.2. The van der Waals surface area contributed by atoms with E-state index in [2.05, 4.69) is 65.5 Å². The van der Waals surface area contributed by atoms with Crippen LogP contribution in [0, 0.1) is 0 Å². The maximum absolute atomic E-state index is 12.0. The van der Waals surface area contributed by atoms with Crippen molar-refractivity contribution in [3.05, 3.63) is 54.9 Å².